The van der Waals surface area contributed by atoms with E-state index in [9.17, 15) is 0 Å². The zero-order chi connectivity index (χ0) is 17.4. The van der Waals surface area contributed by atoms with E-state index in [1.54, 1.807) is 22.7 Å². The van der Waals surface area contributed by atoms with E-state index < -0.39 is 0 Å². The molecule has 0 saturated carbocycles. The normalized spacial score (nSPS) is 11.1. The van der Waals surface area contributed by atoms with Crippen LogP contribution in [0.1, 0.15) is 29.4 Å². The van der Waals surface area contributed by atoms with Crippen molar-refractivity contribution in [2.45, 2.75) is 33.2 Å². The van der Waals surface area contributed by atoms with Gasteiger partial charge in [0.05, 0.1) is 17.2 Å². The number of rotatable bonds is 8. The maximum atomic E-state index is 4.61. The molecule has 2 aromatic heterocycles. The first-order valence-electron chi connectivity index (χ1n) is 8.19. The van der Waals surface area contributed by atoms with E-state index in [0.29, 0.717) is 6.54 Å². The van der Waals surface area contributed by atoms with Gasteiger partial charge in [0.15, 0.2) is 11.1 Å². The number of anilines is 1. The average Bonchev–Trinajstić information content (AvgIpc) is 3.22. The molecule has 0 aliphatic rings. The second-order valence-electron chi connectivity index (χ2n) is 5.46. The van der Waals surface area contributed by atoms with Crippen LogP contribution in [0.3, 0.4) is 0 Å². The second kappa shape index (κ2) is 11.6. The summed E-state index contributed by atoms with van der Waals surface area (Å²) < 4.78 is 0. The summed E-state index contributed by atoms with van der Waals surface area (Å²) >= 11 is 3.43. The number of hydrogen-bond donors (Lipinski definition) is 2. The van der Waals surface area contributed by atoms with Gasteiger partial charge in [0.2, 0.25) is 0 Å². The summed E-state index contributed by atoms with van der Waals surface area (Å²) in [4.78, 5) is 17.0. The van der Waals surface area contributed by atoms with E-state index in [1.165, 1.54) is 9.88 Å². The van der Waals surface area contributed by atoms with Gasteiger partial charge in [0.1, 0.15) is 0 Å². The number of nitrogens with zero attached hydrogens (tertiary/aromatic N) is 4. The largest absolute Gasteiger partial charge is 0.357 e. The summed E-state index contributed by atoms with van der Waals surface area (Å²) in [5.74, 6) is 0.823. The van der Waals surface area contributed by atoms with Crippen LogP contribution >= 0.6 is 46.7 Å². The highest BCUT2D eigenvalue weighted by Gasteiger charge is 2.05. The number of guanidine groups is 1. The van der Waals surface area contributed by atoms with Crippen LogP contribution in [0.15, 0.2) is 16.6 Å². The molecule has 2 heterocycles. The van der Waals surface area contributed by atoms with Gasteiger partial charge in [0, 0.05) is 50.1 Å². The number of nitrogens with one attached hydrogen (secondary N) is 2. The molecule has 0 bridgehead atoms. The Hall–Kier alpha value is -0.940. The third kappa shape index (κ3) is 7.45. The summed E-state index contributed by atoms with van der Waals surface area (Å²) in [6.45, 7) is 6.46. The first-order valence-corrected chi connectivity index (χ1v) is 9.89. The van der Waals surface area contributed by atoms with Gasteiger partial charge in [-0.2, -0.15) is 0 Å². The second-order valence-corrected chi connectivity index (χ2v) is 7.50. The molecule has 0 atom stereocenters. The van der Waals surface area contributed by atoms with Crippen molar-refractivity contribution in [3.8, 4) is 0 Å². The van der Waals surface area contributed by atoms with Crippen molar-refractivity contribution in [3.05, 3.63) is 27.2 Å². The number of halogens is 1. The number of hydrogen-bond acceptors (Lipinski definition) is 6. The summed E-state index contributed by atoms with van der Waals surface area (Å²) in [5.41, 5.74) is 0.994. The SMILES string of the molecule is CCNC(=NCc1csc(N(C)C)n1)NCCc1ncc(CC)s1.I. The number of aryl methyl sites for hydroxylation is 1. The van der Waals surface area contributed by atoms with Crippen molar-refractivity contribution in [2.75, 3.05) is 32.1 Å². The minimum Gasteiger partial charge on any atom is -0.357 e. The molecule has 0 amide bonds. The standard InChI is InChI=1S/C16H26N6S2.HI/c1-5-13-10-19-14(24-13)7-8-18-15(17-6-2)20-9-12-11-23-16(21-12)22(3)4;/h10-11H,5-9H2,1-4H3,(H2,17,18,20);1H. The molecule has 0 radical (unpaired) electrons. The smallest absolute Gasteiger partial charge is 0.191 e. The maximum Gasteiger partial charge on any atom is 0.191 e. The van der Waals surface area contributed by atoms with Gasteiger partial charge in [-0.1, -0.05) is 6.92 Å². The molecule has 0 aliphatic heterocycles. The average molecular weight is 494 g/mol. The third-order valence-corrected chi connectivity index (χ3v) is 5.51. The molecule has 0 aromatic carbocycles. The van der Waals surface area contributed by atoms with Crippen LogP contribution in [0.4, 0.5) is 5.13 Å². The molecule has 0 saturated heterocycles. The van der Waals surface area contributed by atoms with E-state index in [0.717, 1.165) is 42.7 Å². The quantitative estimate of drug-likeness (QED) is 0.336. The van der Waals surface area contributed by atoms with Gasteiger partial charge < -0.3 is 15.5 Å². The molecule has 0 unspecified atom stereocenters. The summed E-state index contributed by atoms with van der Waals surface area (Å²) in [6.07, 6.45) is 3.94. The number of aromatic nitrogens is 2. The van der Waals surface area contributed by atoms with E-state index >= 15 is 0 Å². The molecule has 0 spiro atoms. The highest BCUT2D eigenvalue weighted by atomic mass is 127. The molecule has 2 rings (SSSR count). The topological polar surface area (TPSA) is 65.4 Å². The van der Waals surface area contributed by atoms with E-state index in [-0.39, 0.29) is 24.0 Å². The van der Waals surface area contributed by atoms with E-state index in [2.05, 4.69) is 44.8 Å². The molecule has 25 heavy (non-hydrogen) atoms. The summed E-state index contributed by atoms with van der Waals surface area (Å²) in [6, 6.07) is 0. The van der Waals surface area contributed by atoms with Gasteiger partial charge in [-0.15, -0.1) is 46.7 Å². The third-order valence-electron chi connectivity index (χ3n) is 3.25. The van der Waals surface area contributed by atoms with Gasteiger partial charge in [0.25, 0.3) is 0 Å². The Labute approximate surface area is 175 Å². The first-order chi connectivity index (χ1) is 11.6. The Morgan fingerprint density at radius 3 is 2.68 bits per heavy atom. The minimum absolute atomic E-state index is 0. The highest BCUT2D eigenvalue weighted by molar-refractivity contribution is 14.0. The predicted molar refractivity (Wildman–Crippen MR) is 120 cm³/mol. The molecule has 9 heteroatoms. The molecule has 140 valence electrons. The fraction of sp³-hybridized carbons (Fsp3) is 0.562. The Balaban J connectivity index is 0.00000312. The zero-order valence-corrected chi connectivity index (χ0v) is 19.2. The van der Waals surface area contributed by atoms with Crippen LogP contribution in [-0.2, 0) is 19.4 Å². The fourth-order valence-electron chi connectivity index (χ4n) is 1.99. The lowest BCUT2D eigenvalue weighted by Gasteiger charge is -2.10. The van der Waals surface area contributed by atoms with Crippen LogP contribution in [0.5, 0.6) is 0 Å². The Morgan fingerprint density at radius 2 is 2.08 bits per heavy atom. The Morgan fingerprint density at radius 1 is 1.28 bits per heavy atom. The Kier molecular flexibility index (Phi) is 10.3. The van der Waals surface area contributed by atoms with Crippen molar-refractivity contribution in [1.29, 1.82) is 0 Å². The molecular formula is C16H27IN6S2. The van der Waals surface area contributed by atoms with Gasteiger partial charge in [-0.05, 0) is 13.3 Å². The highest BCUT2D eigenvalue weighted by Crippen LogP contribution is 2.18. The molecule has 0 fully saturated rings. The molecule has 2 aromatic rings. The number of aliphatic imine (C=N–C) groups is 1. The monoisotopic (exact) mass is 494 g/mol. The fourth-order valence-corrected chi connectivity index (χ4v) is 3.60. The van der Waals surface area contributed by atoms with Crippen molar-refractivity contribution >= 4 is 57.7 Å². The minimum atomic E-state index is 0. The molecular weight excluding hydrogens is 467 g/mol. The Bertz CT molecular complexity index is 653. The van der Waals surface area contributed by atoms with Crippen molar-refractivity contribution < 1.29 is 0 Å². The van der Waals surface area contributed by atoms with Gasteiger partial charge in [-0.25, -0.2) is 15.0 Å². The summed E-state index contributed by atoms with van der Waals surface area (Å²) in [5, 5.41) is 10.9. The van der Waals surface area contributed by atoms with Crippen LogP contribution in [-0.4, -0.2) is 43.1 Å². The maximum absolute atomic E-state index is 4.61. The predicted octanol–water partition coefficient (Wildman–Crippen LogP) is 3.14. The zero-order valence-electron chi connectivity index (χ0n) is 15.2. The lowest BCUT2D eigenvalue weighted by Crippen LogP contribution is -2.38. The van der Waals surface area contributed by atoms with Crippen LogP contribution in [0, 0.1) is 0 Å². The molecule has 2 N–H and O–H groups in total. The van der Waals surface area contributed by atoms with E-state index in [1.807, 2.05) is 25.2 Å². The van der Waals surface area contributed by atoms with Crippen molar-refractivity contribution in [3.63, 3.8) is 0 Å². The lowest BCUT2D eigenvalue weighted by molar-refractivity contribution is 0.794. The van der Waals surface area contributed by atoms with Gasteiger partial charge >= 0.3 is 0 Å². The molecule has 6 nitrogen and oxygen atoms in total. The van der Waals surface area contributed by atoms with Gasteiger partial charge in [-0.3, -0.25) is 0 Å². The van der Waals surface area contributed by atoms with Crippen LogP contribution < -0.4 is 15.5 Å². The number of thiazole rings is 2. The molecule has 0 aliphatic carbocycles. The van der Waals surface area contributed by atoms with Crippen molar-refractivity contribution in [2.24, 2.45) is 4.99 Å². The summed E-state index contributed by atoms with van der Waals surface area (Å²) in [7, 11) is 4.00. The van der Waals surface area contributed by atoms with Crippen LogP contribution in [0.2, 0.25) is 0 Å². The lowest BCUT2D eigenvalue weighted by atomic mass is 10.4. The first kappa shape index (κ1) is 22.1. The van der Waals surface area contributed by atoms with E-state index in [4.69, 9.17) is 0 Å². The van der Waals surface area contributed by atoms with Crippen molar-refractivity contribution in [1.82, 2.24) is 20.6 Å². The van der Waals surface area contributed by atoms with Crippen LogP contribution in [0.25, 0.3) is 0 Å².